The topological polar surface area (TPSA) is 92.5 Å². The standard InChI is InChI=1S/C10H11ClN2O4/c1-6(14)5-12-10(15)7-2-8(11)4-9(3-7)13(16)17/h2-4,6,14H,5H2,1H3,(H,12,15). The third kappa shape index (κ3) is 4.01. The monoisotopic (exact) mass is 258 g/mol. The largest absolute Gasteiger partial charge is 0.392 e. The zero-order chi connectivity index (χ0) is 13.0. The van der Waals surface area contributed by atoms with Crippen molar-refractivity contribution in [3.05, 3.63) is 38.9 Å². The number of nitro groups is 1. The van der Waals surface area contributed by atoms with Gasteiger partial charge in [0, 0.05) is 29.3 Å². The van der Waals surface area contributed by atoms with Gasteiger partial charge in [0.15, 0.2) is 0 Å². The lowest BCUT2D eigenvalue weighted by molar-refractivity contribution is -0.384. The minimum atomic E-state index is -0.687. The molecule has 1 amide bonds. The second-order valence-corrected chi connectivity index (χ2v) is 3.95. The van der Waals surface area contributed by atoms with Crippen LogP contribution in [0.3, 0.4) is 0 Å². The molecule has 1 atom stereocenters. The number of benzene rings is 1. The van der Waals surface area contributed by atoms with E-state index in [1.54, 1.807) is 0 Å². The highest BCUT2D eigenvalue weighted by molar-refractivity contribution is 6.31. The van der Waals surface area contributed by atoms with Gasteiger partial charge in [-0.15, -0.1) is 0 Å². The van der Waals surface area contributed by atoms with E-state index in [1.807, 2.05) is 0 Å². The summed E-state index contributed by atoms with van der Waals surface area (Å²) >= 11 is 5.67. The first kappa shape index (κ1) is 13.4. The second-order valence-electron chi connectivity index (χ2n) is 3.51. The van der Waals surface area contributed by atoms with Gasteiger partial charge in [-0.1, -0.05) is 11.6 Å². The van der Waals surface area contributed by atoms with Crippen LogP contribution in [0.2, 0.25) is 5.02 Å². The summed E-state index contributed by atoms with van der Waals surface area (Å²) in [4.78, 5) is 21.5. The molecular formula is C10H11ClN2O4. The fraction of sp³-hybridized carbons (Fsp3) is 0.300. The van der Waals surface area contributed by atoms with Crippen molar-refractivity contribution in [2.24, 2.45) is 0 Å². The number of nitrogens with one attached hydrogen (secondary N) is 1. The van der Waals surface area contributed by atoms with E-state index in [4.69, 9.17) is 16.7 Å². The van der Waals surface area contributed by atoms with Crippen LogP contribution in [0, 0.1) is 10.1 Å². The van der Waals surface area contributed by atoms with Gasteiger partial charge in [-0.05, 0) is 13.0 Å². The number of hydrogen-bond donors (Lipinski definition) is 2. The minimum Gasteiger partial charge on any atom is -0.392 e. The molecule has 17 heavy (non-hydrogen) atoms. The van der Waals surface area contributed by atoms with Gasteiger partial charge in [0.1, 0.15) is 0 Å². The molecule has 92 valence electrons. The van der Waals surface area contributed by atoms with Crippen LogP contribution in [0.4, 0.5) is 5.69 Å². The fourth-order valence-corrected chi connectivity index (χ4v) is 1.38. The zero-order valence-electron chi connectivity index (χ0n) is 9.01. The maximum atomic E-state index is 11.6. The average Bonchev–Trinajstić information content (AvgIpc) is 2.24. The third-order valence-corrected chi connectivity index (χ3v) is 2.13. The van der Waals surface area contributed by atoms with Crippen molar-refractivity contribution in [2.75, 3.05) is 6.54 Å². The van der Waals surface area contributed by atoms with Crippen molar-refractivity contribution in [2.45, 2.75) is 13.0 Å². The van der Waals surface area contributed by atoms with Gasteiger partial charge in [0.05, 0.1) is 11.0 Å². The Morgan fingerprint density at radius 2 is 2.24 bits per heavy atom. The van der Waals surface area contributed by atoms with Crippen LogP contribution < -0.4 is 5.32 Å². The number of aliphatic hydroxyl groups excluding tert-OH is 1. The van der Waals surface area contributed by atoms with Gasteiger partial charge in [0.2, 0.25) is 0 Å². The molecular weight excluding hydrogens is 248 g/mol. The third-order valence-electron chi connectivity index (χ3n) is 1.91. The van der Waals surface area contributed by atoms with E-state index in [2.05, 4.69) is 5.32 Å². The first-order valence-electron chi connectivity index (χ1n) is 4.81. The van der Waals surface area contributed by atoms with Crippen molar-refractivity contribution in [3.8, 4) is 0 Å². The SMILES string of the molecule is CC(O)CNC(=O)c1cc(Cl)cc([N+](=O)[O-])c1. The highest BCUT2D eigenvalue weighted by Gasteiger charge is 2.14. The molecule has 0 aromatic heterocycles. The Labute approximate surface area is 102 Å². The predicted molar refractivity (Wildman–Crippen MR) is 62.1 cm³/mol. The summed E-state index contributed by atoms with van der Waals surface area (Å²) in [6.45, 7) is 1.58. The van der Waals surface area contributed by atoms with E-state index in [0.717, 1.165) is 12.1 Å². The Kier molecular flexibility index (Phi) is 4.42. The first-order chi connectivity index (χ1) is 7.90. The number of hydrogen-bond acceptors (Lipinski definition) is 4. The molecule has 0 spiro atoms. The molecule has 1 aromatic rings. The Morgan fingerprint density at radius 1 is 1.59 bits per heavy atom. The van der Waals surface area contributed by atoms with Crippen LogP contribution in [0.1, 0.15) is 17.3 Å². The highest BCUT2D eigenvalue weighted by Crippen LogP contribution is 2.20. The molecule has 6 nitrogen and oxygen atoms in total. The number of non-ortho nitro benzene ring substituents is 1. The Balaban J connectivity index is 2.90. The molecule has 0 saturated carbocycles. The number of halogens is 1. The summed E-state index contributed by atoms with van der Waals surface area (Å²) < 4.78 is 0. The van der Waals surface area contributed by atoms with Crippen molar-refractivity contribution >= 4 is 23.2 Å². The van der Waals surface area contributed by atoms with Crippen LogP contribution in [-0.4, -0.2) is 28.6 Å². The molecule has 0 aliphatic heterocycles. The summed E-state index contributed by atoms with van der Waals surface area (Å²) in [5.74, 6) is -0.517. The smallest absolute Gasteiger partial charge is 0.271 e. The van der Waals surface area contributed by atoms with E-state index in [1.165, 1.54) is 13.0 Å². The molecule has 0 heterocycles. The summed E-state index contributed by atoms with van der Waals surface area (Å²) in [7, 11) is 0. The maximum Gasteiger partial charge on any atom is 0.271 e. The Bertz CT molecular complexity index is 448. The van der Waals surface area contributed by atoms with Crippen LogP contribution in [0.25, 0.3) is 0 Å². The van der Waals surface area contributed by atoms with Crippen LogP contribution in [0.5, 0.6) is 0 Å². The van der Waals surface area contributed by atoms with Gasteiger partial charge < -0.3 is 10.4 Å². The maximum absolute atomic E-state index is 11.6. The molecule has 0 radical (unpaired) electrons. The van der Waals surface area contributed by atoms with Crippen LogP contribution in [0.15, 0.2) is 18.2 Å². The predicted octanol–water partition coefficient (Wildman–Crippen LogP) is 1.36. The van der Waals surface area contributed by atoms with Crippen molar-refractivity contribution in [1.82, 2.24) is 5.32 Å². The van der Waals surface area contributed by atoms with E-state index in [9.17, 15) is 14.9 Å². The molecule has 0 aliphatic carbocycles. The number of nitrogens with zero attached hydrogens (tertiary/aromatic N) is 1. The average molecular weight is 259 g/mol. The van der Waals surface area contributed by atoms with Gasteiger partial charge in [-0.3, -0.25) is 14.9 Å². The summed E-state index contributed by atoms with van der Waals surface area (Å²) in [6.07, 6.45) is -0.687. The van der Waals surface area contributed by atoms with Crippen molar-refractivity contribution in [1.29, 1.82) is 0 Å². The van der Waals surface area contributed by atoms with E-state index < -0.39 is 16.9 Å². The van der Waals surface area contributed by atoms with E-state index in [-0.39, 0.29) is 22.8 Å². The fourth-order valence-electron chi connectivity index (χ4n) is 1.15. The minimum absolute atomic E-state index is 0.0686. The summed E-state index contributed by atoms with van der Waals surface area (Å²) in [5, 5.41) is 22.1. The number of amides is 1. The Hall–Kier alpha value is -1.66. The summed E-state index contributed by atoms with van der Waals surface area (Å²) in [6, 6.07) is 3.61. The molecule has 0 saturated heterocycles. The van der Waals surface area contributed by atoms with Crippen molar-refractivity contribution < 1.29 is 14.8 Å². The lowest BCUT2D eigenvalue weighted by atomic mass is 10.2. The van der Waals surface area contributed by atoms with Crippen LogP contribution >= 0.6 is 11.6 Å². The number of rotatable bonds is 4. The Morgan fingerprint density at radius 3 is 2.76 bits per heavy atom. The normalized spacial score (nSPS) is 11.9. The molecule has 1 rings (SSSR count). The van der Waals surface area contributed by atoms with Crippen LogP contribution in [-0.2, 0) is 0 Å². The number of aliphatic hydroxyl groups is 1. The van der Waals surface area contributed by atoms with Gasteiger partial charge >= 0.3 is 0 Å². The molecule has 1 unspecified atom stereocenters. The number of carbonyl (C=O) groups is 1. The molecule has 7 heteroatoms. The quantitative estimate of drug-likeness (QED) is 0.630. The van der Waals surface area contributed by atoms with Gasteiger partial charge in [0.25, 0.3) is 11.6 Å². The molecule has 0 fully saturated rings. The van der Waals surface area contributed by atoms with Gasteiger partial charge in [-0.25, -0.2) is 0 Å². The first-order valence-corrected chi connectivity index (χ1v) is 5.19. The van der Waals surface area contributed by atoms with E-state index >= 15 is 0 Å². The van der Waals surface area contributed by atoms with Gasteiger partial charge in [-0.2, -0.15) is 0 Å². The molecule has 0 aliphatic rings. The lowest BCUT2D eigenvalue weighted by Crippen LogP contribution is -2.30. The highest BCUT2D eigenvalue weighted by atomic mass is 35.5. The summed E-state index contributed by atoms with van der Waals surface area (Å²) in [5.41, 5.74) is -0.162. The molecule has 2 N–H and O–H groups in total. The molecule has 0 bridgehead atoms. The number of carbonyl (C=O) groups excluding carboxylic acids is 1. The lowest BCUT2D eigenvalue weighted by Gasteiger charge is -2.07. The van der Waals surface area contributed by atoms with E-state index in [0.29, 0.717) is 0 Å². The number of nitro benzene ring substituents is 1. The zero-order valence-corrected chi connectivity index (χ0v) is 9.77. The van der Waals surface area contributed by atoms with Crippen molar-refractivity contribution in [3.63, 3.8) is 0 Å². The second kappa shape index (κ2) is 5.60. The molecule has 1 aromatic carbocycles.